The zero-order valence-corrected chi connectivity index (χ0v) is 23.7. The minimum Gasteiger partial charge on any atom is -0.388 e. The summed E-state index contributed by atoms with van der Waals surface area (Å²) < 4.78 is 1.30. The molecule has 6 N–H and O–H groups in total. The van der Waals surface area contributed by atoms with Gasteiger partial charge in [-0.15, -0.1) is 15.0 Å². The van der Waals surface area contributed by atoms with Gasteiger partial charge in [-0.05, 0) is 65.0 Å². The number of benzene rings is 2. The number of aromatic nitrogens is 9. The maximum atomic E-state index is 12.2. The summed E-state index contributed by atoms with van der Waals surface area (Å²) in [7, 11) is 0. The SMILES string of the molecule is CC(O)(CNc1c([N+](=O)[O-])c2nnnn2c2ccccc12)CC(Nc1cccc2ncccc12)C(C)(O)Cc1nnnn1N. The van der Waals surface area contributed by atoms with E-state index in [0.717, 1.165) is 15.7 Å². The van der Waals surface area contributed by atoms with Crippen LogP contribution in [0.15, 0.2) is 60.8 Å². The number of para-hydroxylation sites is 1. The molecule has 6 rings (SSSR count). The zero-order valence-electron chi connectivity index (χ0n) is 23.7. The summed E-state index contributed by atoms with van der Waals surface area (Å²) in [6.45, 7) is 3.04. The molecule has 0 saturated heterocycles. The predicted octanol–water partition coefficient (Wildman–Crippen LogP) is 1.46. The summed E-state index contributed by atoms with van der Waals surface area (Å²) in [6, 6.07) is 15.4. The number of aliphatic hydroxyl groups is 2. The van der Waals surface area contributed by atoms with E-state index in [1.165, 1.54) is 4.52 Å². The Bertz CT molecular complexity index is 1980. The van der Waals surface area contributed by atoms with E-state index in [1.807, 2.05) is 30.3 Å². The van der Waals surface area contributed by atoms with Crippen molar-refractivity contribution in [1.82, 2.24) is 45.3 Å². The highest BCUT2D eigenvalue weighted by Crippen LogP contribution is 2.37. The van der Waals surface area contributed by atoms with E-state index in [4.69, 9.17) is 5.84 Å². The molecule has 0 bridgehead atoms. The number of nitrogen functional groups attached to an aromatic ring is 1. The minimum absolute atomic E-state index is 0.0176. The van der Waals surface area contributed by atoms with Gasteiger partial charge >= 0.3 is 5.69 Å². The maximum Gasteiger partial charge on any atom is 0.339 e. The predicted molar refractivity (Wildman–Crippen MR) is 160 cm³/mol. The van der Waals surface area contributed by atoms with Crippen LogP contribution >= 0.6 is 0 Å². The Morgan fingerprint density at radius 2 is 1.80 bits per heavy atom. The largest absolute Gasteiger partial charge is 0.388 e. The third-order valence-corrected chi connectivity index (χ3v) is 7.60. The van der Waals surface area contributed by atoms with Crippen molar-refractivity contribution in [3.8, 4) is 0 Å². The third kappa shape index (κ3) is 5.36. The summed E-state index contributed by atoms with van der Waals surface area (Å²) in [5.74, 6) is 6.07. The number of rotatable bonds is 11. The highest BCUT2D eigenvalue weighted by Gasteiger charge is 2.39. The van der Waals surface area contributed by atoms with Gasteiger partial charge in [0.15, 0.2) is 5.82 Å². The van der Waals surface area contributed by atoms with Gasteiger partial charge in [-0.3, -0.25) is 15.1 Å². The van der Waals surface area contributed by atoms with Crippen molar-refractivity contribution in [2.75, 3.05) is 23.0 Å². The van der Waals surface area contributed by atoms with Crippen LogP contribution in [0.25, 0.3) is 27.5 Å². The molecule has 4 aromatic heterocycles. The molecule has 0 saturated carbocycles. The van der Waals surface area contributed by atoms with Crippen LogP contribution in [0, 0.1) is 10.1 Å². The standard InChI is InChI=1S/C27H29N13O4/c1-26(41,15-30-23-17-7-3-4-11-20(17)38-25(33-35-36-38)24(23)40(43)44)13-21(27(2,42)14-22-32-34-37-39(22)28)31-19-10-5-9-18-16(19)8-6-12-29-18/h3-12,21,30-31,41-42H,13-15,28H2,1-2H3. The van der Waals surface area contributed by atoms with E-state index >= 15 is 0 Å². The number of hydrogen-bond donors (Lipinski definition) is 5. The molecule has 0 fully saturated rings. The average molecular weight is 600 g/mol. The van der Waals surface area contributed by atoms with Crippen LogP contribution in [-0.2, 0) is 6.42 Å². The summed E-state index contributed by atoms with van der Waals surface area (Å²) in [5, 5.41) is 66.1. The van der Waals surface area contributed by atoms with Crippen molar-refractivity contribution >= 4 is 44.5 Å². The van der Waals surface area contributed by atoms with Gasteiger partial charge in [0, 0.05) is 42.0 Å². The van der Waals surface area contributed by atoms with E-state index in [1.54, 1.807) is 44.3 Å². The lowest BCUT2D eigenvalue weighted by Gasteiger charge is -2.38. The van der Waals surface area contributed by atoms with Crippen LogP contribution in [-0.4, -0.2) is 84.3 Å². The molecule has 4 heterocycles. The monoisotopic (exact) mass is 599 g/mol. The lowest BCUT2D eigenvalue weighted by molar-refractivity contribution is -0.382. The summed E-state index contributed by atoms with van der Waals surface area (Å²) >= 11 is 0. The number of nitrogens with one attached hydrogen (secondary N) is 2. The second-order valence-electron chi connectivity index (χ2n) is 11.1. The second-order valence-corrected chi connectivity index (χ2v) is 11.1. The van der Waals surface area contributed by atoms with Crippen molar-refractivity contribution in [2.45, 2.75) is 43.9 Å². The quantitative estimate of drug-likeness (QED) is 0.0806. The van der Waals surface area contributed by atoms with E-state index in [0.29, 0.717) is 16.6 Å². The number of nitrogens with two attached hydrogens (primary N) is 1. The molecule has 3 unspecified atom stereocenters. The topological polar surface area (TPSA) is 233 Å². The summed E-state index contributed by atoms with van der Waals surface area (Å²) in [4.78, 5) is 17.0. The molecule has 226 valence electrons. The number of anilines is 2. The van der Waals surface area contributed by atoms with Crippen molar-refractivity contribution in [1.29, 1.82) is 0 Å². The Morgan fingerprint density at radius 3 is 2.57 bits per heavy atom. The number of tetrazole rings is 2. The highest BCUT2D eigenvalue weighted by molar-refractivity contribution is 6.00. The lowest BCUT2D eigenvalue weighted by Crippen LogP contribution is -2.52. The number of hydrogen-bond acceptors (Lipinski definition) is 14. The number of fused-ring (bicyclic) bond motifs is 4. The van der Waals surface area contributed by atoms with E-state index in [-0.39, 0.29) is 42.2 Å². The summed E-state index contributed by atoms with van der Waals surface area (Å²) in [6.07, 6.45) is 1.62. The van der Waals surface area contributed by atoms with Crippen LogP contribution in [0.4, 0.5) is 17.1 Å². The van der Waals surface area contributed by atoms with Gasteiger partial charge in [0.25, 0.3) is 5.65 Å². The van der Waals surface area contributed by atoms with E-state index in [2.05, 4.69) is 46.7 Å². The average Bonchev–Trinajstić information content (AvgIpc) is 3.64. The van der Waals surface area contributed by atoms with Crippen LogP contribution in [0.1, 0.15) is 26.1 Å². The van der Waals surface area contributed by atoms with Crippen LogP contribution < -0.4 is 16.5 Å². The van der Waals surface area contributed by atoms with E-state index in [9.17, 15) is 20.3 Å². The Morgan fingerprint density at radius 1 is 1.02 bits per heavy atom. The fourth-order valence-corrected chi connectivity index (χ4v) is 5.36. The molecule has 17 heteroatoms. The minimum atomic E-state index is -1.54. The maximum absolute atomic E-state index is 12.2. The van der Waals surface area contributed by atoms with Gasteiger partial charge < -0.3 is 26.7 Å². The van der Waals surface area contributed by atoms with Crippen molar-refractivity contribution in [3.05, 3.63) is 76.7 Å². The van der Waals surface area contributed by atoms with Gasteiger partial charge in [0.1, 0.15) is 5.69 Å². The molecule has 0 amide bonds. The van der Waals surface area contributed by atoms with Gasteiger partial charge in [-0.1, -0.05) is 24.3 Å². The first kappa shape index (κ1) is 28.6. The Kier molecular flexibility index (Phi) is 7.10. The summed E-state index contributed by atoms with van der Waals surface area (Å²) in [5.41, 5.74) is -1.29. The Labute approximate surface area is 248 Å². The molecule has 0 aliphatic heterocycles. The molecule has 2 aromatic carbocycles. The molecule has 0 aliphatic carbocycles. The van der Waals surface area contributed by atoms with Crippen molar-refractivity contribution in [3.63, 3.8) is 0 Å². The van der Waals surface area contributed by atoms with Crippen LogP contribution in [0.5, 0.6) is 0 Å². The Hall–Kier alpha value is -5.55. The normalized spacial score (nSPS) is 15.2. The van der Waals surface area contributed by atoms with Gasteiger partial charge in [-0.2, -0.15) is 4.52 Å². The molecular weight excluding hydrogens is 570 g/mol. The molecule has 0 spiro atoms. The van der Waals surface area contributed by atoms with Crippen molar-refractivity contribution < 1.29 is 15.1 Å². The molecule has 0 aliphatic rings. The van der Waals surface area contributed by atoms with Gasteiger partial charge in [-0.25, -0.2) is 0 Å². The highest BCUT2D eigenvalue weighted by atomic mass is 16.6. The molecule has 0 radical (unpaired) electrons. The fourth-order valence-electron chi connectivity index (χ4n) is 5.36. The van der Waals surface area contributed by atoms with Crippen molar-refractivity contribution in [2.24, 2.45) is 0 Å². The van der Waals surface area contributed by atoms with Gasteiger partial charge in [0.05, 0.1) is 33.2 Å². The Balaban J connectivity index is 1.34. The van der Waals surface area contributed by atoms with Crippen LogP contribution in [0.3, 0.4) is 0 Å². The molecular formula is C27H29N13O4. The number of pyridine rings is 2. The first-order valence-corrected chi connectivity index (χ1v) is 13.6. The molecule has 17 nitrogen and oxygen atoms in total. The number of nitro groups is 1. The third-order valence-electron chi connectivity index (χ3n) is 7.60. The molecule has 6 aromatic rings. The van der Waals surface area contributed by atoms with E-state index < -0.39 is 22.2 Å². The molecule has 3 atom stereocenters. The lowest BCUT2D eigenvalue weighted by atomic mass is 9.83. The number of nitrogens with zero attached hydrogens (tertiary/aromatic N) is 10. The smallest absolute Gasteiger partial charge is 0.339 e. The first-order valence-electron chi connectivity index (χ1n) is 13.6. The molecule has 44 heavy (non-hydrogen) atoms. The van der Waals surface area contributed by atoms with Gasteiger partial charge in [0.2, 0.25) is 0 Å². The van der Waals surface area contributed by atoms with Crippen LogP contribution in [0.2, 0.25) is 0 Å². The second kappa shape index (κ2) is 10.9. The first-order chi connectivity index (χ1) is 21.0. The zero-order chi connectivity index (χ0) is 31.1. The fraction of sp³-hybridized carbons (Fsp3) is 0.296.